The number of primary amides is 1. The highest BCUT2D eigenvalue weighted by Gasteiger charge is 2.45. The van der Waals surface area contributed by atoms with Gasteiger partial charge in [0, 0.05) is 6.42 Å². The van der Waals surface area contributed by atoms with Gasteiger partial charge in [-0.25, -0.2) is 8.42 Å². The molecule has 3 rings (SSSR count). The molecule has 1 aliphatic heterocycles. The molecule has 132 valence electrons. The lowest BCUT2D eigenvalue weighted by Gasteiger charge is -2.26. The van der Waals surface area contributed by atoms with Gasteiger partial charge in [-0.15, -0.1) is 0 Å². The zero-order chi connectivity index (χ0) is 18.4. The lowest BCUT2D eigenvalue weighted by molar-refractivity contribution is -0.139. The highest BCUT2D eigenvalue weighted by molar-refractivity contribution is 7.93. The van der Waals surface area contributed by atoms with Gasteiger partial charge in [-0.3, -0.25) is 9.10 Å². The van der Waals surface area contributed by atoms with Crippen LogP contribution in [-0.2, 0) is 27.4 Å². The maximum Gasteiger partial charge on any atom is 0.417 e. The lowest BCUT2D eigenvalue weighted by atomic mass is 10.1. The fraction of sp³-hybridized carbons (Fsp3) is 0.188. The van der Waals surface area contributed by atoms with Crippen LogP contribution in [0.4, 0.5) is 18.9 Å². The number of benzene rings is 2. The van der Waals surface area contributed by atoms with Gasteiger partial charge in [-0.05, 0) is 23.8 Å². The monoisotopic (exact) mass is 370 g/mol. The summed E-state index contributed by atoms with van der Waals surface area (Å²) in [6.45, 7) is 0. The normalized spacial score (nSPS) is 17.4. The van der Waals surface area contributed by atoms with E-state index in [-0.39, 0.29) is 12.1 Å². The van der Waals surface area contributed by atoms with Crippen molar-refractivity contribution in [3.8, 4) is 0 Å². The van der Waals surface area contributed by atoms with E-state index in [1.807, 2.05) is 0 Å². The van der Waals surface area contributed by atoms with E-state index in [4.69, 9.17) is 5.73 Å². The van der Waals surface area contributed by atoms with Gasteiger partial charge in [0.05, 0.1) is 16.1 Å². The second-order valence-electron chi connectivity index (χ2n) is 5.55. The van der Waals surface area contributed by atoms with Crippen LogP contribution in [-0.4, -0.2) is 20.4 Å². The molecule has 0 fully saturated rings. The van der Waals surface area contributed by atoms with E-state index >= 15 is 0 Å². The number of anilines is 1. The first kappa shape index (κ1) is 17.3. The van der Waals surface area contributed by atoms with Crippen molar-refractivity contribution in [1.29, 1.82) is 0 Å². The molecule has 2 aromatic carbocycles. The van der Waals surface area contributed by atoms with Gasteiger partial charge in [0.2, 0.25) is 5.91 Å². The molecule has 1 atom stereocenters. The molecule has 0 spiro atoms. The van der Waals surface area contributed by atoms with Crippen molar-refractivity contribution in [2.24, 2.45) is 5.73 Å². The Kier molecular flexibility index (Phi) is 3.98. The van der Waals surface area contributed by atoms with Gasteiger partial charge >= 0.3 is 6.18 Å². The summed E-state index contributed by atoms with van der Waals surface area (Å²) < 4.78 is 66.4. The Morgan fingerprint density at radius 2 is 1.68 bits per heavy atom. The van der Waals surface area contributed by atoms with Crippen molar-refractivity contribution in [2.75, 3.05) is 4.31 Å². The minimum Gasteiger partial charge on any atom is -0.368 e. The summed E-state index contributed by atoms with van der Waals surface area (Å²) >= 11 is 0. The van der Waals surface area contributed by atoms with E-state index in [1.165, 1.54) is 12.1 Å². The molecule has 0 saturated heterocycles. The van der Waals surface area contributed by atoms with E-state index in [1.54, 1.807) is 18.2 Å². The van der Waals surface area contributed by atoms with Crippen LogP contribution in [0.25, 0.3) is 0 Å². The third-order valence-electron chi connectivity index (χ3n) is 3.98. The highest BCUT2D eigenvalue weighted by atomic mass is 32.2. The SMILES string of the molecule is NC(=O)C1Cc2ccccc2N1S(=O)(=O)c1ccccc1C(F)(F)F. The molecule has 0 aliphatic carbocycles. The van der Waals surface area contributed by atoms with Crippen LogP contribution in [0, 0.1) is 0 Å². The van der Waals surface area contributed by atoms with Gasteiger partial charge in [-0.2, -0.15) is 13.2 Å². The van der Waals surface area contributed by atoms with Crippen LogP contribution < -0.4 is 10.0 Å². The van der Waals surface area contributed by atoms with E-state index in [2.05, 4.69) is 0 Å². The summed E-state index contributed by atoms with van der Waals surface area (Å²) in [5.41, 5.74) is 4.69. The molecule has 1 amide bonds. The number of nitrogens with two attached hydrogens (primary N) is 1. The second kappa shape index (κ2) is 5.76. The predicted octanol–water partition coefficient (Wildman–Crippen LogP) is 2.31. The highest BCUT2D eigenvalue weighted by Crippen LogP contribution is 2.40. The Bertz CT molecular complexity index is 942. The summed E-state index contributed by atoms with van der Waals surface area (Å²) in [7, 11) is -4.65. The number of nitrogens with zero attached hydrogens (tertiary/aromatic N) is 1. The topological polar surface area (TPSA) is 80.5 Å². The minimum absolute atomic E-state index is 0.0128. The number of para-hydroxylation sites is 1. The number of carbonyl (C=O) groups excluding carboxylic acids is 1. The quantitative estimate of drug-likeness (QED) is 0.900. The predicted molar refractivity (Wildman–Crippen MR) is 84.2 cm³/mol. The average Bonchev–Trinajstić information content (AvgIpc) is 2.94. The van der Waals surface area contributed by atoms with Gasteiger partial charge in [-0.1, -0.05) is 30.3 Å². The fourth-order valence-electron chi connectivity index (χ4n) is 2.90. The Hall–Kier alpha value is -2.55. The Morgan fingerprint density at radius 1 is 1.08 bits per heavy atom. The molecular weight excluding hydrogens is 357 g/mol. The zero-order valence-electron chi connectivity index (χ0n) is 12.7. The molecule has 2 aromatic rings. The molecule has 0 bridgehead atoms. The molecule has 1 unspecified atom stereocenters. The Labute approximate surface area is 141 Å². The van der Waals surface area contributed by atoms with Crippen LogP contribution >= 0.6 is 0 Å². The number of rotatable bonds is 3. The van der Waals surface area contributed by atoms with Crippen molar-refractivity contribution in [3.05, 3.63) is 59.7 Å². The van der Waals surface area contributed by atoms with E-state index < -0.39 is 38.6 Å². The van der Waals surface area contributed by atoms with Gasteiger partial charge in [0.15, 0.2) is 0 Å². The fourth-order valence-corrected chi connectivity index (χ4v) is 4.78. The molecule has 0 saturated carbocycles. The standard InChI is InChI=1S/C16H13F3N2O3S/c17-16(18,19)11-6-2-4-8-14(11)25(23,24)21-12-7-3-1-5-10(12)9-13(21)15(20)22/h1-8,13H,9H2,(H2,20,22). The lowest BCUT2D eigenvalue weighted by Crippen LogP contribution is -2.46. The van der Waals surface area contributed by atoms with Gasteiger partial charge in [0.1, 0.15) is 6.04 Å². The number of amides is 1. The van der Waals surface area contributed by atoms with Gasteiger partial charge < -0.3 is 5.73 Å². The molecule has 9 heteroatoms. The van der Waals surface area contributed by atoms with E-state index in [9.17, 15) is 26.4 Å². The van der Waals surface area contributed by atoms with Crippen LogP contribution in [0.1, 0.15) is 11.1 Å². The number of hydrogen-bond donors (Lipinski definition) is 1. The van der Waals surface area contributed by atoms with Crippen molar-refractivity contribution in [3.63, 3.8) is 0 Å². The maximum absolute atomic E-state index is 13.2. The molecule has 0 radical (unpaired) electrons. The van der Waals surface area contributed by atoms with E-state index in [0.29, 0.717) is 15.9 Å². The molecular formula is C16H13F3N2O3S. The number of alkyl halides is 3. The first-order valence-electron chi connectivity index (χ1n) is 7.22. The average molecular weight is 370 g/mol. The Balaban J connectivity index is 2.22. The summed E-state index contributed by atoms with van der Waals surface area (Å²) in [6.07, 6.45) is -4.84. The van der Waals surface area contributed by atoms with Crippen LogP contribution in [0.5, 0.6) is 0 Å². The summed E-state index contributed by atoms with van der Waals surface area (Å²) in [6, 6.07) is 8.82. The molecule has 1 heterocycles. The number of sulfonamides is 1. The van der Waals surface area contributed by atoms with Crippen LogP contribution in [0.3, 0.4) is 0 Å². The number of carbonyl (C=O) groups is 1. The number of fused-ring (bicyclic) bond motifs is 1. The van der Waals surface area contributed by atoms with Gasteiger partial charge in [0.25, 0.3) is 10.0 Å². The molecule has 2 N–H and O–H groups in total. The van der Waals surface area contributed by atoms with Crippen LogP contribution in [0.2, 0.25) is 0 Å². The molecule has 5 nitrogen and oxygen atoms in total. The minimum atomic E-state index is -4.86. The second-order valence-corrected chi connectivity index (χ2v) is 7.33. The third-order valence-corrected chi connectivity index (χ3v) is 5.86. The first-order valence-corrected chi connectivity index (χ1v) is 8.66. The summed E-state index contributed by atoms with van der Waals surface area (Å²) in [5.74, 6) is -0.927. The number of hydrogen-bond acceptors (Lipinski definition) is 3. The third kappa shape index (κ3) is 2.84. The van der Waals surface area contributed by atoms with Crippen molar-refractivity contribution < 1.29 is 26.4 Å². The largest absolute Gasteiger partial charge is 0.417 e. The van der Waals surface area contributed by atoms with E-state index in [0.717, 1.165) is 12.1 Å². The Morgan fingerprint density at radius 3 is 2.32 bits per heavy atom. The number of halogens is 3. The van der Waals surface area contributed by atoms with Crippen molar-refractivity contribution in [2.45, 2.75) is 23.5 Å². The van der Waals surface area contributed by atoms with Crippen molar-refractivity contribution >= 4 is 21.6 Å². The first-order chi connectivity index (χ1) is 11.6. The molecule has 25 heavy (non-hydrogen) atoms. The summed E-state index contributed by atoms with van der Waals surface area (Å²) in [4.78, 5) is 10.8. The summed E-state index contributed by atoms with van der Waals surface area (Å²) in [5, 5.41) is 0. The zero-order valence-corrected chi connectivity index (χ0v) is 13.5. The molecule has 0 aromatic heterocycles. The van der Waals surface area contributed by atoms with Crippen molar-refractivity contribution in [1.82, 2.24) is 0 Å². The smallest absolute Gasteiger partial charge is 0.368 e. The van der Waals surface area contributed by atoms with Crippen LogP contribution in [0.15, 0.2) is 53.4 Å². The molecule has 1 aliphatic rings. The maximum atomic E-state index is 13.2.